The van der Waals surface area contributed by atoms with Gasteiger partial charge in [0.05, 0.1) is 5.56 Å². The van der Waals surface area contributed by atoms with E-state index >= 15 is 0 Å². The van der Waals surface area contributed by atoms with Crippen LogP contribution in [0.2, 0.25) is 0 Å². The van der Waals surface area contributed by atoms with Gasteiger partial charge >= 0.3 is 0 Å². The Morgan fingerprint density at radius 1 is 1.53 bits per heavy atom. The Morgan fingerprint density at radius 3 is 2.80 bits per heavy atom. The van der Waals surface area contributed by atoms with Gasteiger partial charge in [0.25, 0.3) is 5.91 Å². The maximum absolute atomic E-state index is 11.6. The van der Waals surface area contributed by atoms with Gasteiger partial charge in [0.1, 0.15) is 5.75 Å². The van der Waals surface area contributed by atoms with Gasteiger partial charge in [0.15, 0.2) is 0 Å². The van der Waals surface area contributed by atoms with Gasteiger partial charge < -0.3 is 16.2 Å². The number of hydrogen-bond acceptors (Lipinski definition) is 3. The molecule has 0 bridgehead atoms. The first-order valence-corrected chi connectivity index (χ1v) is 4.87. The zero-order chi connectivity index (χ0) is 11.4. The number of nitrogen functional groups attached to an aromatic ring is 1. The van der Waals surface area contributed by atoms with Crippen molar-refractivity contribution in [1.82, 2.24) is 5.32 Å². The molecule has 0 saturated heterocycles. The van der Waals surface area contributed by atoms with Crippen molar-refractivity contribution < 1.29 is 9.90 Å². The fraction of sp³-hybridized carbons (Fsp3) is 0.364. The van der Waals surface area contributed by atoms with Crippen LogP contribution in [0.15, 0.2) is 18.2 Å². The van der Waals surface area contributed by atoms with E-state index in [0.717, 1.165) is 0 Å². The molecule has 0 radical (unpaired) electrons. The molecule has 4 N–H and O–H groups in total. The predicted molar refractivity (Wildman–Crippen MR) is 59.7 cm³/mol. The van der Waals surface area contributed by atoms with Gasteiger partial charge in [0.2, 0.25) is 0 Å². The van der Waals surface area contributed by atoms with Gasteiger partial charge in [0, 0.05) is 12.2 Å². The first-order chi connectivity index (χ1) is 7.00. The predicted octanol–water partition coefficient (Wildman–Crippen LogP) is 1.36. The van der Waals surface area contributed by atoms with E-state index in [1.807, 2.05) is 13.8 Å². The van der Waals surface area contributed by atoms with Crippen LogP contribution in [0.1, 0.15) is 24.2 Å². The number of benzene rings is 1. The number of rotatable bonds is 3. The smallest absolute Gasteiger partial charge is 0.253 e. The number of amides is 1. The number of carbonyl (C=O) groups is 1. The molecule has 1 amide bonds. The number of anilines is 1. The normalized spacial score (nSPS) is 10.3. The molecule has 0 spiro atoms. The first kappa shape index (κ1) is 11.4. The van der Waals surface area contributed by atoms with Gasteiger partial charge in [-0.25, -0.2) is 0 Å². The van der Waals surface area contributed by atoms with E-state index < -0.39 is 0 Å². The van der Waals surface area contributed by atoms with Crippen LogP contribution >= 0.6 is 0 Å². The van der Waals surface area contributed by atoms with Crippen LogP contribution in [0.25, 0.3) is 0 Å². The number of aromatic hydroxyl groups is 1. The van der Waals surface area contributed by atoms with Crippen LogP contribution in [-0.4, -0.2) is 17.6 Å². The monoisotopic (exact) mass is 208 g/mol. The summed E-state index contributed by atoms with van der Waals surface area (Å²) < 4.78 is 0. The third kappa shape index (κ3) is 3.16. The molecule has 0 aliphatic rings. The molecule has 0 unspecified atom stereocenters. The summed E-state index contributed by atoms with van der Waals surface area (Å²) in [5.74, 6) is 0.170. The van der Waals surface area contributed by atoms with Crippen molar-refractivity contribution in [2.75, 3.05) is 12.3 Å². The standard InChI is InChI=1S/C11H16N2O2/c1-7(2)6-13-11(15)9-5-8(14)3-4-10(9)12/h3-5,7,14H,6,12H2,1-2H3,(H,13,15). The van der Waals surface area contributed by atoms with Crippen molar-refractivity contribution in [3.05, 3.63) is 23.8 Å². The average Bonchev–Trinajstić information content (AvgIpc) is 2.18. The highest BCUT2D eigenvalue weighted by molar-refractivity contribution is 5.99. The summed E-state index contributed by atoms with van der Waals surface area (Å²) in [5.41, 5.74) is 6.31. The number of phenolic OH excluding ortho intramolecular Hbond substituents is 1. The second kappa shape index (κ2) is 4.68. The number of nitrogens with two attached hydrogens (primary N) is 1. The molecular weight excluding hydrogens is 192 g/mol. The summed E-state index contributed by atoms with van der Waals surface area (Å²) in [7, 11) is 0. The molecule has 82 valence electrons. The highest BCUT2D eigenvalue weighted by Crippen LogP contribution is 2.18. The number of phenols is 1. The van der Waals surface area contributed by atoms with Gasteiger partial charge in [-0.2, -0.15) is 0 Å². The van der Waals surface area contributed by atoms with E-state index in [0.29, 0.717) is 23.7 Å². The van der Waals surface area contributed by atoms with Gasteiger partial charge in [-0.3, -0.25) is 4.79 Å². The van der Waals surface area contributed by atoms with E-state index in [1.165, 1.54) is 18.2 Å². The molecule has 4 heteroatoms. The lowest BCUT2D eigenvalue weighted by molar-refractivity contribution is 0.0949. The molecular formula is C11H16N2O2. The summed E-state index contributed by atoms with van der Waals surface area (Å²) in [5, 5.41) is 12.0. The molecule has 1 aromatic carbocycles. The van der Waals surface area contributed by atoms with Gasteiger partial charge in [-0.15, -0.1) is 0 Å². The molecule has 1 aromatic rings. The zero-order valence-corrected chi connectivity index (χ0v) is 8.95. The largest absolute Gasteiger partial charge is 0.508 e. The molecule has 15 heavy (non-hydrogen) atoms. The lowest BCUT2D eigenvalue weighted by atomic mass is 10.1. The summed E-state index contributed by atoms with van der Waals surface area (Å²) in [4.78, 5) is 11.6. The van der Waals surface area contributed by atoms with Crippen molar-refractivity contribution in [2.45, 2.75) is 13.8 Å². The average molecular weight is 208 g/mol. The molecule has 4 nitrogen and oxygen atoms in total. The minimum atomic E-state index is -0.253. The maximum Gasteiger partial charge on any atom is 0.253 e. The van der Waals surface area contributed by atoms with Gasteiger partial charge in [-0.1, -0.05) is 13.8 Å². The van der Waals surface area contributed by atoms with Crippen molar-refractivity contribution in [3.63, 3.8) is 0 Å². The molecule has 0 saturated carbocycles. The van der Waals surface area contributed by atoms with Crippen LogP contribution < -0.4 is 11.1 Å². The van der Waals surface area contributed by atoms with Crippen LogP contribution in [0, 0.1) is 5.92 Å². The highest BCUT2D eigenvalue weighted by Gasteiger charge is 2.10. The molecule has 0 aromatic heterocycles. The van der Waals surface area contributed by atoms with E-state index in [-0.39, 0.29) is 11.7 Å². The minimum Gasteiger partial charge on any atom is -0.508 e. The number of nitrogens with one attached hydrogen (secondary N) is 1. The quantitative estimate of drug-likeness (QED) is 0.518. The summed E-state index contributed by atoms with van der Waals surface area (Å²) in [6.45, 7) is 4.60. The highest BCUT2D eigenvalue weighted by atomic mass is 16.3. The first-order valence-electron chi connectivity index (χ1n) is 4.87. The molecule has 0 fully saturated rings. The second-order valence-electron chi connectivity index (χ2n) is 3.88. The number of carbonyl (C=O) groups excluding carboxylic acids is 1. The van der Waals surface area contributed by atoms with Crippen molar-refractivity contribution in [3.8, 4) is 5.75 Å². The summed E-state index contributed by atoms with van der Waals surface area (Å²) >= 11 is 0. The van der Waals surface area contributed by atoms with Crippen molar-refractivity contribution in [1.29, 1.82) is 0 Å². The molecule has 0 heterocycles. The topological polar surface area (TPSA) is 75.3 Å². The van der Waals surface area contributed by atoms with E-state index in [1.54, 1.807) is 0 Å². The van der Waals surface area contributed by atoms with E-state index in [9.17, 15) is 9.90 Å². The van der Waals surface area contributed by atoms with Crippen LogP contribution in [0.5, 0.6) is 5.75 Å². The Hall–Kier alpha value is -1.71. The van der Waals surface area contributed by atoms with E-state index in [2.05, 4.69) is 5.32 Å². The fourth-order valence-corrected chi connectivity index (χ4v) is 1.13. The molecule has 1 rings (SSSR count). The zero-order valence-electron chi connectivity index (χ0n) is 8.95. The SMILES string of the molecule is CC(C)CNC(=O)c1cc(O)ccc1N. The Balaban J connectivity index is 2.77. The van der Waals surface area contributed by atoms with Gasteiger partial charge in [-0.05, 0) is 24.1 Å². The molecule has 0 aliphatic heterocycles. The number of hydrogen-bond donors (Lipinski definition) is 3. The van der Waals surface area contributed by atoms with E-state index in [4.69, 9.17) is 5.73 Å². The fourth-order valence-electron chi connectivity index (χ4n) is 1.13. The molecule has 0 atom stereocenters. The maximum atomic E-state index is 11.6. The lowest BCUT2D eigenvalue weighted by Gasteiger charge is -2.09. The van der Waals surface area contributed by atoms with Crippen molar-refractivity contribution in [2.24, 2.45) is 5.92 Å². The minimum absolute atomic E-state index is 0.0406. The van der Waals surface area contributed by atoms with Crippen LogP contribution in [-0.2, 0) is 0 Å². The van der Waals surface area contributed by atoms with Crippen LogP contribution in [0.4, 0.5) is 5.69 Å². The summed E-state index contributed by atoms with van der Waals surface area (Å²) in [6, 6.07) is 4.33. The van der Waals surface area contributed by atoms with Crippen molar-refractivity contribution >= 4 is 11.6 Å². The summed E-state index contributed by atoms with van der Waals surface area (Å²) in [6.07, 6.45) is 0. The Bertz CT molecular complexity index is 362. The second-order valence-corrected chi connectivity index (χ2v) is 3.88. The third-order valence-electron chi connectivity index (χ3n) is 1.95. The Kier molecular flexibility index (Phi) is 3.55. The Labute approximate surface area is 89.1 Å². The third-order valence-corrected chi connectivity index (χ3v) is 1.95. The molecule has 0 aliphatic carbocycles. The van der Waals surface area contributed by atoms with Crippen LogP contribution in [0.3, 0.4) is 0 Å². The lowest BCUT2D eigenvalue weighted by Crippen LogP contribution is -2.27. The Morgan fingerprint density at radius 2 is 2.20 bits per heavy atom.